The van der Waals surface area contributed by atoms with Crippen molar-refractivity contribution in [2.24, 2.45) is 0 Å². The van der Waals surface area contributed by atoms with Gasteiger partial charge in [0.05, 0.1) is 10.0 Å². The minimum Gasteiger partial charge on any atom is -0.381 e. The lowest BCUT2D eigenvalue weighted by molar-refractivity contribution is -0.125. The van der Waals surface area contributed by atoms with Crippen LogP contribution in [-0.4, -0.2) is 29.3 Å². The molecule has 0 bridgehead atoms. The number of rotatable bonds is 6. The summed E-state index contributed by atoms with van der Waals surface area (Å²) in [6, 6.07) is 5.53. The fourth-order valence-corrected chi connectivity index (χ4v) is 3.40. The number of aromatic nitrogens is 2. The summed E-state index contributed by atoms with van der Waals surface area (Å²) in [4.78, 5) is 16.8. The van der Waals surface area contributed by atoms with Crippen molar-refractivity contribution in [2.75, 3.05) is 13.2 Å². The van der Waals surface area contributed by atoms with Crippen LogP contribution in [0.25, 0.3) is 0 Å². The van der Waals surface area contributed by atoms with Crippen LogP contribution >= 0.6 is 23.2 Å². The minimum atomic E-state index is -0.639. The lowest BCUT2D eigenvalue weighted by Gasteiger charge is -2.34. The second kappa shape index (κ2) is 8.37. The summed E-state index contributed by atoms with van der Waals surface area (Å²) >= 11 is 11.9. The Hall–Kier alpha value is -1.63. The van der Waals surface area contributed by atoms with Crippen molar-refractivity contribution in [3.05, 3.63) is 45.5 Å². The first kappa shape index (κ1) is 19.1. The molecular weight excluding hydrogens is 377 g/mol. The van der Waals surface area contributed by atoms with Crippen LogP contribution in [0.4, 0.5) is 0 Å². The molecule has 0 spiro atoms. The van der Waals surface area contributed by atoms with Gasteiger partial charge in [0, 0.05) is 32.5 Å². The van der Waals surface area contributed by atoms with Gasteiger partial charge < -0.3 is 14.6 Å². The molecule has 2 heterocycles. The molecule has 1 N–H and O–H groups in total. The zero-order chi connectivity index (χ0) is 18.6. The Morgan fingerprint density at radius 1 is 1.27 bits per heavy atom. The molecule has 0 saturated carbocycles. The maximum Gasteiger partial charge on any atom is 0.252 e. The van der Waals surface area contributed by atoms with Gasteiger partial charge in [-0.2, -0.15) is 4.98 Å². The molecule has 26 heavy (non-hydrogen) atoms. The zero-order valence-corrected chi connectivity index (χ0v) is 16.1. The molecule has 8 heteroatoms. The highest BCUT2D eigenvalue weighted by Gasteiger charge is 2.40. The summed E-state index contributed by atoms with van der Waals surface area (Å²) in [5.74, 6) is 0.971. The highest BCUT2D eigenvalue weighted by molar-refractivity contribution is 6.42. The van der Waals surface area contributed by atoms with Crippen LogP contribution in [-0.2, 0) is 21.5 Å². The second-order valence-electron chi connectivity index (χ2n) is 6.49. The topological polar surface area (TPSA) is 77.2 Å². The third-order valence-corrected chi connectivity index (χ3v) is 5.25. The summed E-state index contributed by atoms with van der Waals surface area (Å²) in [5, 5.41) is 8.03. The van der Waals surface area contributed by atoms with E-state index >= 15 is 0 Å². The monoisotopic (exact) mass is 397 g/mol. The molecule has 1 aliphatic rings. The van der Waals surface area contributed by atoms with E-state index in [0.717, 1.165) is 12.0 Å². The molecule has 1 aliphatic heterocycles. The van der Waals surface area contributed by atoms with E-state index in [0.29, 0.717) is 60.7 Å². The van der Waals surface area contributed by atoms with Gasteiger partial charge in [0.1, 0.15) is 5.54 Å². The zero-order valence-electron chi connectivity index (χ0n) is 14.6. The number of hydrogen-bond donors (Lipinski definition) is 1. The molecule has 0 radical (unpaired) electrons. The molecule has 1 aromatic heterocycles. The van der Waals surface area contributed by atoms with Gasteiger partial charge in [0.25, 0.3) is 5.89 Å². The lowest BCUT2D eigenvalue weighted by Crippen LogP contribution is -2.49. The first-order valence-corrected chi connectivity index (χ1v) is 9.38. The number of carbonyl (C=O) groups excluding carboxylic acids is 1. The van der Waals surface area contributed by atoms with Gasteiger partial charge in [-0.05, 0) is 37.5 Å². The summed E-state index contributed by atoms with van der Waals surface area (Å²) in [5.41, 5.74) is 0.417. The first-order valence-electron chi connectivity index (χ1n) is 8.62. The Morgan fingerprint density at radius 2 is 2.04 bits per heavy atom. The van der Waals surface area contributed by atoms with Crippen LogP contribution < -0.4 is 5.32 Å². The van der Waals surface area contributed by atoms with Crippen molar-refractivity contribution in [3.8, 4) is 0 Å². The molecule has 140 valence electrons. The average molecular weight is 398 g/mol. The van der Waals surface area contributed by atoms with E-state index in [4.69, 9.17) is 32.5 Å². The standard InChI is InChI=1S/C18H21Cl2N3O3/c1-12-21-17(26-23-12)18(7-9-25-10-8-18)22-16(24)4-2-3-13-5-6-14(19)15(20)11-13/h5-6,11H,2-4,7-10H2,1H3,(H,22,24). The third-order valence-electron chi connectivity index (χ3n) is 4.52. The number of ether oxygens (including phenoxy) is 1. The van der Waals surface area contributed by atoms with E-state index in [2.05, 4.69) is 15.5 Å². The molecule has 0 unspecified atom stereocenters. The first-order chi connectivity index (χ1) is 12.5. The van der Waals surface area contributed by atoms with Crippen molar-refractivity contribution >= 4 is 29.1 Å². The summed E-state index contributed by atoms with van der Waals surface area (Å²) in [6.45, 7) is 2.86. The summed E-state index contributed by atoms with van der Waals surface area (Å²) in [7, 11) is 0. The fourth-order valence-electron chi connectivity index (χ4n) is 3.08. The molecule has 1 amide bonds. The van der Waals surface area contributed by atoms with Gasteiger partial charge in [-0.25, -0.2) is 0 Å². The third kappa shape index (κ3) is 4.55. The number of nitrogens with one attached hydrogen (secondary N) is 1. The van der Waals surface area contributed by atoms with Crippen LogP contribution in [0.15, 0.2) is 22.7 Å². The number of amides is 1. The highest BCUT2D eigenvalue weighted by atomic mass is 35.5. The average Bonchev–Trinajstić information content (AvgIpc) is 3.06. The van der Waals surface area contributed by atoms with Gasteiger partial charge in [-0.3, -0.25) is 4.79 Å². The molecule has 0 atom stereocenters. The maximum absolute atomic E-state index is 12.5. The van der Waals surface area contributed by atoms with E-state index in [1.165, 1.54) is 0 Å². The Morgan fingerprint density at radius 3 is 2.69 bits per heavy atom. The van der Waals surface area contributed by atoms with Crippen molar-refractivity contribution in [2.45, 2.75) is 44.6 Å². The van der Waals surface area contributed by atoms with E-state index in [-0.39, 0.29) is 5.91 Å². The number of halogens is 2. The molecular formula is C18H21Cl2N3O3. The van der Waals surface area contributed by atoms with Crippen LogP contribution in [0.1, 0.15) is 43.0 Å². The van der Waals surface area contributed by atoms with Crippen LogP contribution in [0.5, 0.6) is 0 Å². The molecule has 0 aliphatic carbocycles. The number of carbonyl (C=O) groups is 1. The van der Waals surface area contributed by atoms with Crippen LogP contribution in [0, 0.1) is 6.92 Å². The minimum absolute atomic E-state index is 0.0391. The quantitative estimate of drug-likeness (QED) is 0.800. The van der Waals surface area contributed by atoms with Crippen LogP contribution in [0.3, 0.4) is 0 Å². The van der Waals surface area contributed by atoms with E-state index in [1.54, 1.807) is 13.0 Å². The van der Waals surface area contributed by atoms with Crippen molar-refractivity contribution in [1.82, 2.24) is 15.5 Å². The van der Waals surface area contributed by atoms with Gasteiger partial charge in [-0.1, -0.05) is 34.4 Å². The predicted molar refractivity (Wildman–Crippen MR) is 98.3 cm³/mol. The van der Waals surface area contributed by atoms with Gasteiger partial charge in [0.2, 0.25) is 5.91 Å². The predicted octanol–water partition coefficient (Wildman–Crippen LogP) is 3.83. The number of aryl methyl sites for hydroxylation is 2. The summed E-state index contributed by atoms with van der Waals surface area (Å²) < 4.78 is 10.8. The Kier molecular flexibility index (Phi) is 6.16. The fraction of sp³-hybridized carbons (Fsp3) is 0.500. The molecule has 6 nitrogen and oxygen atoms in total. The van der Waals surface area contributed by atoms with Gasteiger partial charge in [-0.15, -0.1) is 0 Å². The highest BCUT2D eigenvalue weighted by Crippen LogP contribution is 2.31. The molecule has 3 rings (SSSR count). The van der Waals surface area contributed by atoms with E-state index in [1.807, 2.05) is 12.1 Å². The summed E-state index contributed by atoms with van der Waals surface area (Å²) in [6.07, 6.45) is 3.09. The molecule has 1 aromatic carbocycles. The maximum atomic E-state index is 12.5. The van der Waals surface area contributed by atoms with Gasteiger partial charge >= 0.3 is 0 Å². The van der Waals surface area contributed by atoms with E-state index < -0.39 is 5.54 Å². The molecule has 1 fully saturated rings. The Balaban J connectivity index is 1.58. The van der Waals surface area contributed by atoms with Crippen molar-refractivity contribution in [1.29, 1.82) is 0 Å². The lowest BCUT2D eigenvalue weighted by atomic mass is 9.89. The Bertz CT molecular complexity index is 773. The number of hydrogen-bond acceptors (Lipinski definition) is 5. The smallest absolute Gasteiger partial charge is 0.252 e. The second-order valence-corrected chi connectivity index (χ2v) is 7.31. The largest absolute Gasteiger partial charge is 0.381 e. The number of nitrogens with zero attached hydrogens (tertiary/aromatic N) is 2. The van der Waals surface area contributed by atoms with Gasteiger partial charge in [0.15, 0.2) is 5.82 Å². The number of benzene rings is 1. The Labute approximate surface area is 162 Å². The van der Waals surface area contributed by atoms with Crippen molar-refractivity contribution in [3.63, 3.8) is 0 Å². The van der Waals surface area contributed by atoms with E-state index in [9.17, 15) is 4.79 Å². The van der Waals surface area contributed by atoms with Crippen molar-refractivity contribution < 1.29 is 14.1 Å². The SMILES string of the molecule is Cc1noc(C2(NC(=O)CCCc3ccc(Cl)c(Cl)c3)CCOCC2)n1. The molecule has 2 aromatic rings. The van der Waals surface area contributed by atoms with Crippen LogP contribution in [0.2, 0.25) is 10.0 Å². The molecule has 1 saturated heterocycles. The normalized spacial score (nSPS) is 16.4.